The number of nitrogen functional groups attached to an aromatic ring is 1. The molecule has 0 aliphatic heterocycles. The van der Waals surface area contributed by atoms with Gasteiger partial charge in [0.25, 0.3) is 0 Å². The summed E-state index contributed by atoms with van der Waals surface area (Å²) in [6, 6.07) is 7.21. The van der Waals surface area contributed by atoms with Crippen molar-refractivity contribution in [3.63, 3.8) is 0 Å². The van der Waals surface area contributed by atoms with Gasteiger partial charge in [0.05, 0.1) is 13.0 Å². The van der Waals surface area contributed by atoms with Crippen molar-refractivity contribution in [2.75, 3.05) is 12.3 Å². The molecule has 1 aliphatic rings. The molecule has 21 heavy (non-hydrogen) atoms. The maximum atomic E-state index is 11.8. The van der Waals surface area contributed by atoms with Crippen molar-refractivity contribution in [3.05, 3.63) is 24.3 Å². The minimum atomic E-state index is -0.166. The number of ether oxygens (including phenoxy) is 2. The zero-order chi connectivity index (χ0) is 15.1. The lowest BCUT2D eigenvalue weighted by Crippen LogP contribution is -2.26. The van der Waals surface area contributed by atoms with Crippen molar-refractivity contribution in [2.45, 2.75) is 51.6 Å². The highest BCUT2D eigenvalue weighted by atomic mass is 16.5. The first-order chi connectivity index (χ1) is 10.2. The van der Waals surface area contributed by atoms with Crippen molar-refractivity contribution >= 4 is 11.7 Å². The molecule has 4 heteroatoms. The van der Waals surface area contributed by atoms with E-state index in [4.69, 9.17) is 15.2 Å². The van der Waals surface area contributed by atoms with Gasteiger partial charge in [-0.2, -0.15) is 0 Å². The molecule has 0 radical (unpaired) electrons. The van der Waals surface area contributed by atoms with Gasteiger partial charge in [-0.15, -0.1) is 0 Å². The van der Waals surface area contributed by atoms with Crippen LogP contribution in [0.3, 0.4) is 0 Å². The highest BCUT2D eigenvalue weighted by Crippen LogP contribution is 2.28. The molecule has 1 aromatic carbocycles. The van der Waals surface area contributed by atoms with Crippen molar-refractivity contribution in [2.24, 2.45) is 5.92 Å². The standard InChI is InChI=1S/C17H25NO3/c1-2-13-5-3-8-16(11-13)21-17(19)9-10-20-15-7-4-6-14(18)12-15/h4,6-7,12-13,16H,2-3,5,8-11,18H2,1H3. The number of hydrogen-bond donors (Lipinski definition) is 1. The lowest BCUT2D eigenvalue weighted by Gasteiger charge is -2.28. The third-order valence-electron chi connectivity index (χ3n) is 4.04. The molecule has 1 aliphatic carbocycles. The van der Waals surface area contributed by atoms with Gasteiger partial charge >= 0.3 is 5.97 Å². The Labute approximate surface area is 126 Å². The Balaban J connectivity index is 1.67. The van der Waals surface area contributed by atoms with Crippen LogP contribution < -0.4 is 10.5 Å². The van der Waals surface area contributed by atoms with Gasteiger partial charge < -0.3 is 15.2 Å². The molecule has 2 unspecified atom stereocenters. The zero-order valence-corrected chi connectivity index (χ0v) is 12.7. The average Bonchev–Trinajstić information content (AvgIpc) is 2.47. The molecule has 0 spiro atoms. The van der Waals surface area contributed by atoms with Crippen LogP contribution in [-0.4, -0.2) is 18.7 Å². The largest absolute Gasteiger partial charge is 0.493 e. The highest BCUT2D eigenvalue weighted by molar-refractivity contribution is 5.69. The van der Waals surface area contributed by atoms with Crippen LogP contribution in [0, 0.1) is 5.92 Å². The Kier molecular flexibility index (Phi) is 5.90. The molecule has 4 nitrogen and oxygen atoms in total. The quantitative estimate of drug-likeness (QED) is 0.643. The topological polar surface area (TPSA) is 61.5 Å². The lowest BCUT2D eigenvalue weighted by molar-refractivity contribution is -0.151. The molecular weight excluding hydrogens is 266 g/mol. The van der Waals surface area contributed by atoms with Gasteiger partial charge in [-0.25, -0.2) is 0 Å². The van der Waals surface area contributed by atoms with E-state index in [1.54, 1.807) is 12.1 Å². The first-order valence-electron chi connectivity index (χ1n) is 7.85. The average molecular weight is 291 g/mol. The number of anilines is 1. The number of carbonyl (C=O) groups excluding carboxylic acids is 1. The van der Waals surface area contributed by atoms with E-state index in [2.05, 4.69) is 6.92 Å². The van der Waals surface area contributed by atoms with Crippen LogP contribution in [0.2, 0.25) is 0 Å². The summed E-state index contributed by atoms with van der Waals surface area (Å²) in [5.74, 6) is 1.23. The van der Waals surface area contributed by atoms with E-state index >= 15 is 0 Å². The Bertz CT molecular complexity index is 461. The third-order valence-corrected chi connectivity index (χ3v) is 4.04. The second-order valence-corrected chi connectivity index (χ2v) is 5.72. The summed E-state index contributed by atoms with van der Waals surface area (Å²) in [4.78, 5) is 11.8. The van der Waals surface area contributed by atoms with Crippen molar-refractivity contribution in [1.29, 1.82) is 0 Å². The van der Waals surface area contributed by atoms with Crippen LogP contribution in [0.15, 0.2) is 24.3 Å². The summed E-state index contributed by atoms with van der Waals surface area (Å²) in [6.07, 6.45) is 5.99. The summed E-state index contributed by atoms with van der Waals surface area (Å²) in [7, 11) is 0. The van der Waals surface area contributed by atoms with E-state index in [9.17, 15) is 4.79 Å². The Morgan fingerprint density at radius 2 is 2.24 bits per heavy atom. The van der Waals surface area contributed by atoms with E-state index in [1.165, 1.54) is 12.8 Å². The summed E-state index contributed by atoms with van der Waals surface area (Å²) in [5, 5.41) is 0. The van der Waals surface area contributed by atoms with Crippen molar-refractivity contribution in [3.8, 4) is 5.75 Å². The van der Waals surface area contributed by atoms with Crippen LogP contribution in [0.4, 0.5) is 5.69 Å². The van der Waals surface area contributed by atoms with Crippen molar-refractivity contribution in [1.82, 2.24) is 0 Å². The molecule has 0 aromatic heterocycles. The second kappa shape index (κ2) is 7.91. The first kappa shape index (κ1) is 15.7. The van der Waals surface area contributed by atoms with E-state index in [0.717, 1.165) is 19.3 Å². The number of nitrogens with two attached hydrogens (primary N) is 1. The molecular formula is C17H25NO3. The van der Waals surface area contributed by atoms with Crippen LogP contribution in [0.1, 0.15) is 45.4 Å². The Morgan fingerprint density at radius 1 is 1.38 bits per heavy atom. The molecule has 2 N–H and O–H groups in total. The third kappa shape index (κ3) is 5.29. The summed E-state index contributed by atoms with van der Waals surface area (Å²) >= 11 is 0. The van der Waals surface area contributed by atoms with Gasteiger partial charge in [0.2, 0.25) is 0 Å². The summed E-state index contributed by atoms with van der Waals surface area (Å²) in [5.41, 5.74) is 6.32. The maximum absolute atomic E-state index is 11.8. The van der Waals surface area contributed by atoms with Gasteiger partial charge in [-0.3, -0.25) is 4.79 Å². The van der Waals surface area contributed by atoms with Gasteiger partial charge in [0, 0.05) is 11.8 Å². The van der Waals surface area contributed by atoms with E-state index in [1.807, 2.05) is 12.1 Å². The SMILES string of the molecule is CCC1CCCC(OC(=O)CCOc2cccc(N)c2)C1. The number of benzene rings is 1. The minimum Gasteiger partial charge on any atom is -0.493 e. The van der Waals surface area contributed by atoms with Gasteiger partial charge in [0.15, 0.2) is 0 Å². The number of esters is 1. The Morgan fingerprint density at radius 3 is 3.00 bits per heavy atom. The number of hydrogen-bond acceptors (Lipinski definition) is 4. The van der Waals surface area contributed by atoms with E-state index in [0.29, 0.717) is 24.0 Å². The van der Waals surface area contributed by atoms with Crippen molar-refractivity contribution < 1.29 is 14.3 Å². The fourth-order valence-corrected chi connectivity index (χ4v) is 2.82. The maximum Gasteiger partial charge on any atom is 0.309 e. The molecule has 0 saturated heterocycles. The molecule has 0 bridgehead atoms. The fourth-order valence-electron chi connectivity index (χ4n) is 2.82. The van der Waals surface area contributed by atoms with E-state index < -0.39 is 0 Å². The van der Waals surface area contributed by atoms with Crippen LogP contribution in [-0.2, 0) is 9.53 Å². The number of carbonyl (C=O) groups is 1. The molecule has 1 saturated carbocycles. The first-order valence-corrected chi connectivity index (χ1v) is 7.85. The molecule has 0 heterocycles. The molecule has 116 valence electrons. The lowest BCUT2D eigenvalue weighted by atomic mass is 9.85. The predicted octanol–water partition coefficient (Wildman–Crippen LogP) is 3.55. The van der Waals surface area contributed by atoms with E-state index in [-0.39, 0.29) is 18.5 Å². The van der Waals surface area contributed by atoms with Gasteiger partial charge in [-0.1, -0.05) is 25.8 Å². The van der Waals surface area contributed by atoms with Crippen LogP contribution >= 0.6 is 0 Å². The molecule has 2 rings (SSSR count). The second-order valence-electron chi connectivity index (χ2n) is 5.72. The normalized spacial score (nSPS) is 21.8. The Hall–Kier alpha value is -1.71. The molecule has 2 atom stereocenters. The molecule has 1 aromatic rings. The minimum absolute atomic E-state index is 0.101. The monoisotopic (exact) mass is 291 g/mol. The highest BCUT2D eigenvalue weighted by Gasteiger charge is 2.23. The summed E-state index contributed by atoms with van der Waals surface area (Å²) in [6.45, 7) is 2.53. The van der Waals surface area contributed by atoms with Crippen LogP contribution in [0.5, 0.6) is 5.75 Å². The fraction of sp³-hybridized carbons (Fsp3) is 0.588. The molecule has 1 fully saturated rings. The molecule has 0 amide bonds. The smallest absolute Gasteiger partial charge is 0.309 e. The zero-order valence-electron chi connectivity index (χ0n) is 12.7. The number of rotatable bonds is 6. The predicted molar refractivity (Wildman–Crippen MR) is 83.1 cm³/mol. The summed E-state index contributed by atoms with van der Waals surface area (Å²) < 4.78 is 11.0. The van der Waals surface area contributed by atoms with Crippen LogP contribution in [0.25, 0.3) is 0 Å². The van der Waals surface area contributed by atoms with Gasteiger partial charge in [0.1, 0.15) is 11.9 Å². The van der Waals surface area contributed by atoms with Gasteiger partial charge in [-0.05, 0) is 37.3 Å².